The number of nitrogens with zero attached hydrogens (tertiary/aromatic N) is 3. The summed E-state index contributed by atoms with van der Waals surface area (Å²) < 4.78 is 2.20. The molecule has 30 heavy (non-hydrogen) atoms. The maximum atomic E-state index is 11.8. The number of aromatic nitrogens is 3. The third-order valence-electron chi connectivity index (χ3n) is 4.57. The Balaban J connectivity index is 0.000000567. The highest BCUT2D eigenvalue weighted by Crippen LogP contribution is 2.27. The lowest BCUT2D eigenvalue weighted by atomic mass is 10.1. The van der Waals surface area contributed by atoms with Gasteiger partial charge in [0.15, 0.2) is 5.69 Å². The molecule has 9 heteroatoms. The van der Waals surface area contributed by atoms with Crippen molar-refractivity contribution in [3.05, 3.63) is 35.8 Å². The number of imidazole rings is 1. The molecule has 0 aliphatic rings. The summed E-state index contributed by atoms with van der Waals surface area (Å²) in [6.45, 7) is 5.12. The van der Waals surface area contributed by atoms with Crippen LogP contribution in [0.4, 0.5) is 0 Å². The minimum absolute atomic E-state index is 0. The van der Waals surface area contributed by atoms with Crippen LogP contribution in [0.1, 0.15) is 48.9 Å². The van der Waals surface area contributed by atoms with Crippen molar-refractivity contribution in [2.75, 3.05) is 13.6 Å². The molecule has 8 nitrogen and oxygen atoms in total. The van der Waals surface area contributed by atoms with E-state index in [-0.39, 0.29) is 24.6 Å². The second-order valence-corrected chi connectivity index (χ2v) is 6.83. The summed E-state index contributed by atoms with van der Waals surface area (Å²) >= 11 is 0. The second-order valence-electron chi connectivity index (χ2n) is 6.83. The Labute approximate surface area is 182 Å². The Morgan fingerprint density at radius 1 is 1.17 bits per heavy atom. The van der Waals surface area contributed by atoms with Crippen LogP contribution in [-0.2, 0) is 11.3 Å². The van der Waals surface area contributed by atoms with Crippen LogP contribution in [0, 0.1) is 6.92 Å². The number of nitrogens with two attached hydrogens (primary N) is 1. The number of carboxylic acid groups (broad SMARTS) is 1. The number of unbranched alkanes of at least 4 members (excludes halogenated alkanes) is 3. The number of amides is 1. The first kappa shape index (κ1) is 25.3. The van der Waals surface area contributed by atoms with E-state index in [2.05, 4.69) is 26.8 Å². The zero-order valence-electron chi connectivity index (χ0n) is 17.6. The van der Waals surface area contributed by atoms with E-state index < -0.39 is 11.9 Å². The normalized spacial score (nSPS) is 10.4. The first-order valence-corrected chi connectivity index (χ1v) is 9.82. The number of carboxylic acids is 1. The van der Waals surface area contributed by atoms with Crippen LogP contribution in [0.15, 0.2) is 24.3 Å². The molecule has 1 aromatic carbocycles. The van der Waals surface area contributed by atoms with Gasteiger partial charge in [0.25, 0.3) is 5.91 Å². The standard InChI is InChI=1S/C18H22N4O.C3H7NO2.ClH/c1-3-4-5-8-11-22-12(2)20-15-16(18(19)23)21-14-10-7-6-9-13(14)17(15)22;1-4-2-3(5)6;/h6-7,9-10H,3-5,8,11H2,1-2H3,(H2,19,23);4H,2H2,1H3,(H,5,6);1H. The van der Waals surface area contributed by atoms with Gasteiger partial charge in [-0.1, -0.05) is 44.4 Å². The number of rotatable bonds is 8. The molecule has 2 heterocycles. The molecule has 0 spiro atoms. The second kappa shape index (κ2) is 12.1. The van der Waals surface area contributed by atoms with Crippen molar-refractivity contribution in [3.8, 4) is 0 Å². The summed E-state index contributed by atoms with van der Waals surface area (Å²) in [5.41, 5.74) is 8.14. The highest BCUT2D eigenvalue weighted by atomic mass is 35.5. The van der Waals surface area contributed by atoms with E-state index in [0.29, 0.717) is 5.52 Å². The SMILES string of the molecule is CCCCCCn1c(C)nc2c(C(N)=O)nc3ccccc3c21.CNCC(=O)O.Cl. The van der Waals surface area contributed by atoms with E-state index in [1.165, 1.54) is 19.3 Å². The first-order chi connectivity index (χ1) is 13.9. The molecular weight excluding hydrogens is 406 g/mol. The third kappa shape index (κ3) is 6.14. The Hall–Kier alpha value is -2.71. The van der Waals surface area contributed by atoms with Crippen molar-refractivity contribution in [1.82, 2.24) is 19.9 Å². The fourth-order valence-electron chi connectivity index (χ4n) is 3.24. The number of carbonyl (C=O) groups is 2. The van der Waals surface area contributed by atoms with Gasteiger partial charge in [-0.3, -0.25) is 9.59 Å². The number of aryl methyl sites for hydroxylation is 2. The molecule has 3 aromatic rings. The van der Waals surface area contributed by atoms with Gasteiger partial charge < -0.3 is 20.7 Å². The number of carbonyl (C=O) groups excluding carboxylic acids is 1. The molecule has 4 N–H and O–H groups in total. The van der Waals surface area contributed by atoms with Crippen LogP contribution in [0.3, 0.4) is 0 Å². The zero-order valence-corrected chi connectivity index (χ0v) is 18.5. The van der Waals surface area contributed by atoms with Gasteiger partial charge in [0.1, 0.15) is 11.3 Å². The van der Waals surface area contributed by atoms with Gasteiger partial charge in [-0.2, -0.15) is 0 Å². The molecule has 2 aromatic heterocycles. The van der Waals surface area contributed by atoms with Crippen molar-refractivity contribution in [3.63, 3.8) is 0 Å². The number of pyridine rings is 1. The van der Waals surface area contributed by atoms with Crippen molar-refractivity contribution in [2.24, 2.45) is 5.73 Å². The van der Waals surface area contributed by atoms with Gasteiger partial charge in [-0.25, -0.2) is 9.97 Å². The minimum atomic E-state index is -0.822. The largest absolute Gasteiger partial charge is 0.480 e. The lowest BCUT2D eigenvalue weighted by Gasteiger charge is -2.09. The van der Waals surface area contributed by atoms with Gasteiger partial charge >= 0.3 is 5.97 Å². The van der Waals surface area contributed by atoms with E-state index in [0.717, 1.165) is 35.2 Å². The van der Waals surface area contributed by atoms with E-state index in [1.54, 1.807) is 7.05 Å². The Bertz CT molecular complexity index is 1000. The number of nitrogens with one attached hydrogen (secondary N) is 1. The average molecular weight is 436 g/mol. The van der Waals surface area contributed by atoms with Gasteiger partial charge in [0, 0.05) is 11.9 Å². The fourth-order valence-corrected chi connectivity index (χ4v) is 3.24. The predicted octanol–water partition coefficient (Wildman–Crippen LogP) is 3.28. The number of halogens is 1. The molecule has 0 radical (unpaired) electrons. The minimum Gasteiger partial charge on any atom is -0.480 e. The average Bonchev–Trinajstić information content (AvgIpc) is 3.01. The van der Waals surface area contributed by atoms with E-state index in [9.17, 15) is 9.59 Å². The topological polar surface area (TPSA) is 123 Å². The van der Waals surface area contributed by atoms with Crippen LogP contribution in [0.2, 0.25) is 0 Å². The monoisotopic (exact) mass is 435 g/mol. The molecule has 0 atom stereocenters. The molecular formula is C21H30ClN5O3. The molecule has 0 saturated carbocycles. The number of fused-ring (bicyclic) bond motifs is 3. The number of para-hydroxylation sites is 1. The summed E-state index contributed by atoms with van der Waals surface area (Å²) in [6, 6.07) is 7.84. The highest BCUT2D eigenvalue weighted by molar-refractivity contribution is 6.11. The zero-order chi connectivity index (χ0) is 21.4. The molecule has 3 rings (SSSR count). The maximum Gasteiger partial charge on any atom is 0.317 e. The Morgan fingerprint density at radius 2 is 1.87 bits per heavy atom. The lowest BCUT2D eigenvalue weighted by Crippen LogP contribution is -2.16. The van der Waals surface area contributed by atoms with Gasteiger partial charge in [0.05, 0.1) is 17.6 Å². The number of hydrogen-bond acceptors (Lipinski definition) is 5. The van der Waals surface area contributed by atoms with E-state index >= 15 is 0 Å². The lowest BCUT2D eigenvalue weighted by molar-refractivity contribution is -0.135. The summed E-state index contributed by atoms with van der Waals surface area (Å²) in [7, 11) is 1.59. The fraction of sp³-hybridized carbons (Fsp3) is 0.429. The van der Waals surface area contributed by atoms with Crippen molar-refractivity contribution in [1.29, 1.82) is 0 Å². The van der Waals surface area contributed by atoms with E-state index in [1.807, 2.05) is 31.2 Å². The van der Waals surface area contributed by atoms with Gasteiger partial charge in [-0.05, 0) is 26.5 Å². The smallest absolute Gasteiger partial charge is 0.317 e. The number of benzene rings is 1. The van der Waals surface area contributed by atoms with Crippen LogP contribution in [-0.4, -0.2) is 45.1 Å². The van der Waals surface area contributed by atoms with Gasteiger partial charge in [0.2, 0.25) is 0 Å². The number of primary amides is 1. The quantitative estimate of drug-likeness (QED) is 0.466. The summed E-state index contributed by atoms with van der Waals surface area (Å²) in [5.74, 6) is -0.453. The van der Waals surface area contributed by atoms with Crippen LogP contribution in [0.25, 0.3) is 21.9 Å². The number of aliphatic carboxylic acids is 1. The molecule has 0 aliphatic heterocycles. The summed E-state index contributed by atoms with van der Waals surface area (Å²) in [4.78, 5) is 30.3. The predicted molar refractivity (Wildman–Crippen MR) is 121 cm³/mol. The summed E-state index contributed by atoms with van der Waals surface area (Å²) in [6.07, 6.45) is 4.74. The van der Waals surface area contributed by atoms with Crippen molar-refractivity contribution in [2.45, 2.75) is 46.1 Å². The van der Waals surface area contributed by atoms with Crippen molar-refractivity contribution >= 4 is 46.2 Å². The Kier molecular flexibility index (Phi) is 10.2. The molecule has 0 bridgehead atoms. The first-order valence-electron chi connectivity index (χ1n) is 9.82. The molecule has 0 fully saturated rings. The highest BCUT2D eigenvalue weighted by Gasteiger charge is 2.18. The Morgan fingerprint density at radius 3 is 2.43 bits per heavy atom. The molecule has 1 amide bonds. The van der Waals surface area contributed by atoms with Gasteiger partial charge in [-0.15, -0.1) is 12.4 Å². The van der Waals surface area contributed by atoms with Crippen molar-refractivity contribution < 1.29 is 14.7 Å². The molecule has 0 saturated heterocycles. The van der Waals surface area contributed by atoms with Crippen LogP contribution >= 0.6 is 12.4 Å². The molecule has 0 unspecified atom stereocenters. The van der Waals surface area contributed by atoms with Crippen LogP contribution in [0.5, 0.6) is 0 Å². The molecule has 0 aliphatic carbocycles. The summed E-state index contributed by atoms with van der Waals surface area (Å²) in [5, 5.41) is 11.3. The number of hydrogen-bond donors (Lipinski definition) is 3. The maximum absolute atomic E-state index is 11.8. The third-order valence-corrected chi connectivity index (χ3v) is 4.57. The van der Waals surface area contributed by atoms with E-state index in [4.69, 9.17) is 10.8 Å². The van der Waals surface area contributed by atoms with Crippen LogP contribution < -0.4 is 11.1 Å². The molecule has 164 valence electrons. The number of likely N-dealkylation sites (N-methyl/N-ethyl adjacent to an activating group) is 1.